The van der Waals surface area contributed by atoms with Crippen molar-refractivity contribution in [3.63, 3.8) is 0 Å². The largest absolute Gasteiger partial charge is 0.299 e. The molecule has 4 heteroatoms. The van der Waals surface area contributed by atoms with Crippen LogP contribution in [0.15, 0.2) is 54.6 Å². The van der Waals surface area contributed by atoms with E-state index in [-0.39, 0.29) is 5.91 Å². The topological polar surface area (TPSA) is 41.6 Å². The van der Waals surface area contributed by atoms with Gasteiger partial charge in [-0.25, -0.2) is 5.48 Å². The lowest BCUT2D eigenvalue weighted by atomic mass is 9.90. The molecule has 148 valence electrons. The van der Waals surface area contributed by atoms with Crippen LogP contribution in [0.1, 0.15) is 53.1 Å². The minimum absolute atomic E-state index is 0.205. The summed E-state index contributed by atoms with van der Waals surface area (Å²) in [6.07, 6.45) is 5.41. The lowest BCUT2D eigenvalue weighted by Gasteiger charge is -2.32. The Bertz CT molecular complexity index is 767. The van der Waals surface area contributed by atoms with Gasteiger partial charge in [-0.1, -0.05) is 42.5 Å². The molecule has 0 spiro atoms. The lowest BCUT2D eigenvalue weighted by molar-refractivity contribution is 0.0537. The van der Waals surface area contributed by atoms with Gasteiger partial charge in [0.05, 0.1) is 7.11 Å². The molecule has 4 nitrogen and oxygen atoms in total. The summed E-state index contributed by atoms with van der Waals surface area (Å²) in [5, 5.41) is 0. The van der Waals surface area contributed by atoms with Crippen LogP contribution in [-0.4, -0.2) is 31.0 Å². The van der Waals surface area contributed by atoms with Crippen LogP contribution in [0.5, 0.6) is 0 Å². The van der Waals surface area contributed by atoms with E-state index in [0.29, 0.717) is 5.56 Å². The highest BCUT2D eigenvalue weighted by Crippen LogP contribution is 2.51. The molecule has 1 saturated heterocycles. The van der Waals surface area contributed by atoms with Crippen molar-refractivity contribution in [2.24, 2.45) is 11.8 Å². The van der Waals surface area contributed by atoms with Crippen LogP contribution in [0, 0.1) is 11.8 Å². The molecule has 1 aliphatic heterocycles. The normalized spacial score (nSPS) is 22.8. The van der Waals surface area contributed by atoms with Gasteiger partial charge in [0, 0.05) is 12.1 Å². The zero-order chi connectivity index (χ0) is 19.3. The minimum Gasteiger partial charge on any atom is -0.299 e. The van der Waals surface area contributed by atoms with E-state index in [1.54, 1.807) is 0 Å². The summed E-state index contributed by atoms with van der Waals surface area (Å²) in [6.45, 7) is 3.33. The quantitative estimate of drug-likeness (QED) is 0.727. The molecule has 1 N–H and O–H groups in total. The Balaban J connectivity index is 1.20. The summed E-state index contributed by atoms with van der Waals surface area (Å²) in [5.74, 6) is 2.40. The van der Waals surface area contributed by atoms with Crippen LogP contribution >= 0.6 is 0 Å². The third-order valence-electron chi connectivity index (χ3n) is 6.31. The highest BCUT2D eigenvalue weighted by Gasteiger charge is 2.39. The summed E-state index contributed by atoms with van der Waals surface area (Å²) >= 11 is 0. The summed E-state index contributed by atoms with van der Waals surface area (Å²) < 4.78 is 0. The van der Waals surface area contributed by atoms with Gasteiger partial charge in [0.15, 0.2) is 0 Å². The Kier molecular flexibility index (Phi) is 6.08. The van der Waals surface area contributed by atoms with Gasteiger partial charge < -0.3 is 0 Å². The van der Waals surface area contributed by atoms with Crippen LogP contribution < -0.4 is 5.48 Å². The average Bonchev–Trinajstić information content (AvgIpc) is 3.50. The van der Waals surface area contributed by atoms with Crippen LogP contribution in [0.2, 0.25) is 0 Å². The Morgan fingerprint density at radius 3 is 2.46 bits per heavy atom. The van der Waals surface area contributed by atoms with Crippen molar-refractivity contribution < 1.29 is 9.63 Å². The molecule has 1 amide bonds. The van der Waals surface area contributed by atoms with E-state index in [0.717, 1.165) is 24.3 Å². The molecule has 2 atom stereocenters. The van der Waals surface area contributed by atoms with Crippen molar-refractivity contribution in [3.8, 4) is 0 Å². The number of benzene rings is 2. The van der Waals surface area contributed by atoms with Gasteiger partial charge in [0.2, 0.25) is 0 Å². The highest BCUT2D eigenvalue weighted by molar-refractivity contribution is 5.93. The Morgan fingerprint density at radius 2 is 1.79 bits per heavy atom. The van der Waals surface area contributed by atoms with Gasteiger partial charge in [-0.2, -0.15) is 0 Å². The van der Waals surface area contributed by atoms with Crippen LogP contribution in [-0.2, 0) is 11.4 Å². The number of hydrogen-bond acceptors (Lipinski definition) is 3. The Hall–Kier alpha value is -2.17. The molecule has 28 heavy (non-hydrogen) atoms. The molecule has 2 aliphatic rings. The van der Waals surface area contributed by atoms with Gasteiger partial charge in [0.25, 0.3) is 5.91 Å². The minimum atomic E-state index is -0.205. The zero-order valence-electron chi connectivity index (χ0n) is 16.6. The van der Waals surface area contributed by atoms with Gasteiger partial charge in [0.1, 0.15) is 0 Å². The molecule has 0 radical (unpaired) electrons. The summed E-state index contributed by atoms with van der Waals surface area (Å²) in [7, 11) is 1.45. The Labute approximate surface area is 167 Å². The fourth-order valence-electron chi connectivity index (χ4n) is 4.60. The summed E-state index contributed by atoms with van der Waals surface area (Å²) in [6, 6.07) is 18.9. The number of nitrogens with zero attached hydrogens (tertiary/aromatic N) is 1. The first-order valence-electron chi connectivity index (χ1n) is 10.4. The zero-order valence-corrected chi connectivity index (χ0v) is 16.6. The number of hydrogen-bond donors (Lipinski definition) is 1. The van der Waals surface area contributed by atoms with Crippen molar-refractivity contribution in [1.82, 2.24) is 10.4 Å². The number of nitrogens with one attached hydrogen (secondary N) is 1. The van der Waals surface area contributed by atoms with Crippen molar-refractivity contribution in [1.29, 1.82) is 0 Å². The monoisotopic (exact) mass is 378 g/mol. The molecule has 0 unspecified atom stereocenters. The molecule has 2 aromatic rings. The third kappa shape index (κ3) is 4.81. The van der Waals surface area contributed by atoms with Crippen molar-refractivity contribution in [2.45, 2.75) is 38.1 Å². The first-order valence-corrected chi connectivity index (χ1v) is 10.4. The molecule has 0 aromatic heterocycles. The van der Waals surface area contributed by atoms with E-state index >= 15 is 0 Å². The molecule has 0 bridgehead atoms. The van der Waals surface area contributed by atoms with Gasteiger partial charge in [-0.15, -0.1) is 0 Å². The molecular weight excluding hydrogens is 348 g/mol. The number of carbonyl (C=O) groups is 1. The van der Waals surface area contributed by atoms with E-state index in [1.807, 2.05) is 24.3 Å². The van der Waals surface area contributed by atoms with E-state index in [4.69, 9.17) is 0 Å². The number of amides is 1. The SMILES string of the molecule is CONC(=O)c1ccc(CN2CCC(C[C@@H]3C[C@H]3c3ccccc3)CC2)cc1. The number of carbonyl (C=O) groups excluding carboxylic acids is 1. The maximum absolute atomic E-state index is 11.7. The van der Waals surface area contributed by atoms with E-state index in [9.17, 15) is 4.79 Å². The van der Waals surface area contributed by atoms with Crippen LogP contribution in [0.3, 0.4) is 0 Å². The number of rotatable bonds is 7. The number of piperidine rings is 1. The molecule has 1 heterocycles. The predicted octanol–water partition coefficient (Wildman–Crippen LogP) is 4.38. The molecule has 1 saturated carbocycles. The second kappa shape index (κ2) is 8.89. The van der Waals surface area contributed by atoms with Crippen LogP contribution in [0.25, 0.3) is 0 Å². The average molecular weight is 379 g/mol. The van der Waals surface area contributed by atoms with Crippen molar-refractivity contribution >= 4 is 5.91 Å². The van der Waals surface area contributed by atoms with E-state index in [1.165, 1.54) is 57.0 Å². The van der Waals surface area contributed by atoms with Crippen molar-refractivity contribution in [2.75, 3.05) is 20.2 Å². The van der Waals surface area contributed by atoms with Crippen LogP contribution in [0.4, 0.5) is 0 Å². The van der Waals surface area contributed by atoms with Crippen molar-refractivity contribution in [3.05, 3.63) is 71.3 Å². The standard InChI is InChI=1S/C24H30N2O2/c1-28-25-24(27)21-9-7-19(8-10-21)17-26-13-11-18(12-14-26)15-22-16-23(22)20-5-3-2-4-6-20/h2-10,18,22-23H,11-17H2,1H3,(H,25,27)/t22-,23+/m1/s1. The fraction of sp³-hybridized carbons (Fsp3) is 0.458. The van der Waals surface area contributed by atoms with E-state index in [2.05, 4.69) is 45.5 Å². The summed E-state index contributed by atoms with van der Waals surface area (Å²) in [5.41, 5.74) is 5.78. The van der Waals surface area contributed by atoms with E-state index < -0.39 is 0 Å². The maximum Gasteiger partial charge on any atom is 0.274 e. The first kappa shape index (κ1) is 19.2. The predicted molar refractivity (Wildman–Crippen MR) is 111 cm³/mol. The smallest absolute Gasteiger partial charge is 0.274 e. The van der Waals surface area contributed by atoms with Gasteiger partial charge >= 0.3 is 0 Å². The molecule has 2 fully saturated rings. The fourth-order valence-corrected chi connectivity index (χ4v) is 4.60. The first-order chi connectivity index (χ1) is 13.7. The molecule has 2 aromatic carbocycles. The van der Waals surface area contributed by atoms with Gasteiger partial charge in [-0.05, 0) is 79.8 Å². The number of likely N-dealkylation sites (tertiary alicyclic amines) is 1. The molecular formula is C24H30N2O2. The molecule has 1 aliphatic carbocycles. The summed E-state index contributed by atoms with van der Waals surface area (Å²) in [4.78, 5) is 19.0. The van der Waals surface area contributed by atoms with Gasteiger partial charge in [-0.3, -0.25) is 14.5 Å². The molecule has 4 rings (SSSR count). The second-order valence-corrected chi connectivity index (χ2v) is 8.30. The number of hydroxylamine groups is 1. The third-order valence-corrected chi connectivity index (χ3v) is 6.31. The highest BCUT2D eigenvalue weighted by atomic mass is 16.6. The lowest BCUT2D eigenvalue weighted by Crippen LogP contribution is -2.33. The second-order valence-electron chi connectivity index (χ2n) is 8.30. The Morgan fingerprint density at radius 1 is 1.07 bits per heavy atom. The maximum atomic E-state index is 11.7.